The standard InChI is InChI=1S/C25H32N4O2S/c26-21-8-4-5-9-22(21)27-25(31)19-10-11-20(17-29-12-14-32-15-13-29)23(16-19)28-24(30)18-6-2-1-3-7-18/h1-3,6-7,10-11,16,21-22H,4-5,8-9,12-15,17,26H2,(H,27,31)(H,28,30). The molecule has 6 nitrogen and oxygen atoms in total. The fourth-order valence-electron chi connectivity index (χ4n) is 4.35. The Morgan fingerprint density at radius 2 is 1.72 bits per heavy atom. The van der Waals surface area contributed by atoms with Gasteiger partial charge in [-0.25, -0.2) is 0 Å². The van der Waals surface area contributed by atoms with E-state index in [4.69, 9.17) is 5.73 Å². The first-order chi connectivity index (χ1) is 15.6. The van der Waals surface area contributed by atoms with Crippen molar-refractivity contribution in [3.63, 3.8) is 0 Å². The van der Waals surface area contributed by atoms with Crippen LogP contribution in [-0.2, 0) is 6.54 Å². The van der Waals surface area contributed by atoms with E-state index in [1.807, 2.05) is 42.1 Å². The van der Waals surface area contributed by atoms with Crippen molar-refractivity contribution in [1.82, 2.24) is 10.2 Å². The molecule has 2 unspecified atom stereocenters. The molecule has 1 aliphatic carbocycles. The zero-order valence-electron chi connectivity index (χ0n) is 18.4. The molecule has 170 valence electrons. The Morgan fingerprint density at radius 3 is 2.47 bits per heavy atom. The summed E-state index contributed by atoms with van der Waals surface area (Å²) in [6, 6.07) is 14.8. The Balaban J connectivity index is 1.54. The minimum Gasteiger partial charge on any atom is -0.348 e. The number of nitrogens with two attached hydrogens (primary N) is 1. The van der Waals surface area contributed by atoms with Gasteiger partial charge in [0.15, 0.2) is 0 Å². The Morgan fingerprint density at radius 1 is 0.969 bits per heavy atom. The van der Waals surface area contributed by atoms with Crippen molar-refractivity contribution >= 4 is 29.3 Å². The number of benzene rings is 2. The molecule has 2 aromatic carbocycles. The van der Waals surface area contributed by atoms with Crippen molar-refractivity contribution in [3.8, 4) is 0 Å². The summed E-state index contributed by atoms with van der Waals surface area (Å²) in [5, 5.41) is 6.16. The molecule has 1 aliphatic heterocycles. The Labute approximate surface area is 194 Å². The first-order valence-corrected chi connectivity index (χ1v) is 12.6. The van der Waals surface area contributed by atoms with Crippen LogP contribution in [0.25, 0.3) is 0 Å². The summed E-state index contributed by atoms with van der Waals surface area (Å²) in [7, 11) is 0. The maximum absolute atomic E-state index is 13.0. The van der Waals surface area contributed by atoms with Crippen molar-refractivity contribution in [2.75, 3.05) is 29.9 Å². The quantitative estimate of drug-likeness (QED) is 0.625. The zero-order chi connectivity index (χ0) is 22.3. The van der Waals surface area contributed by atoms with Gasteiger partial charge in [0.05, 0.1) is 0 Å². The van der Waals surface area contributed by atoms with Gasteiger partial charge in [0.1, 0.15) is 0 Å². The molecule has 32 heavy (non-hydrogen) atoms. The first kappa shape index (κ1) is 22.8. The number of thioether (sulfide) groups is 1. The largest absolute Gasteiger partial charge is 0.348 e. The normalized spacial score (nSPS) is 21.7. The Hall–Kier alpha value is -2.35. The van der Waals surface area contributed by atoms with Crippen molar-refractivity contribution in [1.29, 1.82) is 0 Å². The molecule has 0 radical (unpaired) electrons. The third kappa shape index (κ3) is 5.91. The van der Waals surface area contributed by atoms with Crippen LogP contribution in [0.4, 0.5) is 5.69 Å². The van der Waals surface area contributed by atoms with Gasteiger partial charge < -0.3 is 16.4 Å². The topological polar surface area (TPSA) is 87.5 Å². The number of hydrogen-bond donors (Lipinski definition) is 3. The highest BCUT2D eigenvalue weighted by atomic mass is 32.2. The summed E-state index contributed by atoms with van der Waals surface area (Å²) in [5.74, 6) is 1.93. The predicted octanol–water partition coefficient (Wildman–Crippen LogP) is 3.49. The fraction of sp³-hybridized carbons (Fsp3) is 0.440. The third-order valence-corrected chi connectivity index (χ3v) is 7.23. The van der Waals surface area contributed by atoms with Crippen LogP contribution in [0, 0.1) is 0 Å². The predicted molar refractivity (Wildman–Crippen MR) is 131 cm³/mol. The third-order valence-electron chi connectivity index (χ3n) is 6.29. The molecule has 2 amide bonds. The summed E-state index contributed by atoms with van der Waals surface area (Å²) in [5.41, 5.74) is 9.07. The number of carbonyl (C=O) groups excluding carboxylic acids is 2. The number of carbonyl (C=O) groups is 2. The maximum Gasteiger partial charge on any atom is 0.255 e. The minimum atomic E-state index is -0.173. The lowest BCUT2D eigenvalue weighted by molar-refractivity contribution is 0.0920. The number of nitrogens with zero attached hydrogens (tertiary/aromatic N) is 1. The van der Waals surface area contributed by atoms with Crippen LogP contribution < -0.4 is 16.4 Å². The van der Waals surface area contributed by atoms with Gasteiger partial charge in [-0.2, -0.15) is 11.8 Å². The number of amides is 2. The van der Waals surface area contributed by atoms with E-state index in [-0.39, 0.29) is 23.9 Å². The average molecular weight is 453 g/mol. The average Bonchev–Trinajstić information content (AvgIpc) is 2.83. The van der Waals surface area contributed by atoms with Gasteiger partial charge in [-0.3, -0.25) is 14.5 Å². The molecule has 4 N–H and O–H groups in total. The van der Waals surface area contributed by atoms with E-state index in [1.54, 1.807) is 18.2 Å². The van der Waals surface area contributed by atoms with Crippen LogP contribution in [0.1, 0.15) is 52.0 Å². The minimum absolute atomic E-state index is 0.00111. The summed E-state index contributed by atoms with van der Waals surface area (Å²) >= 11 is 1.97. The number of anilines is 1. The fourth-order valence-corrected chi connectivity index (χ4v) is 5.33. The van der Waals surface area contributed by atoms with Gasteiger partial charge in [0, 0.05) is 60.0 Å². The maximum atomic E-state index is 13.0. The van der Waals surface area contributed by atoms with E-state index in [0.29, 0.717) is 16.8 Å². The summed E-state index contributed by atoms with van der Waals surface area (Å²) in [4.78, 5) is 28.2. The molecule has 1 saturated carbocycles. The Bertz CT molecular complexity index is 931. The monoisotopic (exact) mass is 452 g/mol. The van der Waals surface area contributed by atoms with E-state index in [0.717, 1.165) is 62.4 Å². The summed E-state index contributed by atoms with van der Waals surface area (Å²) in [6.07, 6.45) is 4.06. The van der Waals surface area contributed by atoms with Gasteiger partial charge in [0.2, 0.25) is 0 Å². The van der Waals surface area contributed by atoms with E-state index in [9.17, 15) is 9.59 Å². The SMILES string of the molecule is NC1CCCCC1NC(=O)c1ccc(CN2CCSCC2)c(NC(=O)c2ccccc2)c1. The summed E-state index contributed by atoms with van der Waals surface area (Å²) in [6.45, 7) is 2.80. The first-order valence-electron chi connectivity index (χ1n) is 11.5. The molecule has 0 spiro atoms. The molecule has 4 rings (SSSR count). The molecule has 2 aromatic rings. The molecule has 1 saturated heterocycles. The molecule has 0 aromatic heterocycles. The molecule has 0 bridgehead atoms. The number of rotatable bonds is 6. The van der Waals surface area contributed by atoms with Gasteiger partial charge >= 0.3 is 0 Å². The van der Waals surface area contributed by atoms with Crippen molar-refractivity contribution in [3.05, 3.63) is 65.2 Å². The number of hydrogen-bond acceptors (Lipinski definition) is 5. The lowest BCUT2D eigenvalue weighted by atomic mass is 9.91. The van der Waals surface area contributed by atoms with Gasteiger partial charge in [-0.05, 0) is 42.7 Å². The molecule has 1 heterocycles. The van der Waals surface area contributed by atoms with Crippen LogP contribution >= 0.6 is 11.8 Å². The lowest BCUT2D eigenvalue weighted by Crippen LogP contribution is -2.49. The van der Waals surface area contributed by atoms with Gasteiger partial charge in [-0.1, -0.05) is 37.1 Å². The van der Waals surface area contributed by atoms with E-state index in [1.165, 1.54) is 0 Å². The van der Waals surface area contributed by atoms with Crippen LogP contribution in [-0.4, -0.2) is 53.4 Å². The van der Waals surface area contributed by atoms with E-state index in [2.05, 4.69) is 15.5 Å². The second kappa shape index (κ2) is 11.0. The highest BCUT2D eigenvalue weighted by Gasteiger charge is 2.24. The van der Waals surface area contributed by atoms with Gasteiger partial charge in [-0.15, -0.1) is 0 Å². The second-order valence-electron chi connectivity index (χ2n) is 8.61. The molecular formula is C25H32N4O2S. The molecule has 2 fully saturated rings. The molecule has 7 heteroatoms. The van der Waals surface area contributed by atoms with Crippen molar-refractivity contribution in [2.45, 2.75) is 44.3 Å². The van der Waals surface area contributed by atoms with Crippen LogP contribution in [0.3, 0.4) is 0 Å². The highest BCUT2D eigenvalue weighted by molar-refractivity contribution is 7.99. The van der Waals surface area contributed by atoms with Gasteiger partial charge in [0.25, 0.3) is 11.8 Å². The van der Waals surface area contributed by atoms with Crippen LogP contribution in [0.5, 0.6) is 0 Å². The zero-order valence-corrected chi connectivity index (χ0v) is 19.2. The molecule has 2 aliphatic rings. The lowest BCUT2D eigenvalue weighted by Gasteiger charge is -2.29. The van der Waals surface area contributed by atoms with Crippen LogP contribution in [0.15, 0.2) is 48.5 Å². The van der Waals surface area contributed by atoms with Crippen molar-refractivity contribution < 1.29 is 9.59 Å². The van der Waals surface area contributed by atoms with E-state index >= 15 is 0 Å². The molecule has 2 atom stereocenters. The van der Waals surface area contributed by atoms with Crippen LogP contribution in [0.2, 0.25) is 0 Å². The second-order valence-corrected chi connectivity index (χ2v) is 9.83. The Kier molecular flexibility index (Phi) is 7.84. The van der Waals surface area contributed by atoms with Crippen molar-refractivity contribution in [2.24, 2.45) is 5.73 Å². The number of nitrogens with one attached hydrogen (secondary N) is 2. The molecular weight excluding hydrogens is 420 g/mol. The highest BCUT2D eigenvalue weighted by Crippen LogP contribution is 2.23. The smallest absolute Gasteiger partial charge is 0.255 e. The summed E-state index contributed by atoms with van der Waals surface area (Å²) < 4.78 is 0. The van der Waals surface area contributed by atoms with E-state index < -0.39 is 0 Å².